The number of hydrogen-bond acceptors (Lipinski definition) is 6. The number of ether oxygens (including phenoxy) is 1. The molecule has 1 aromatic heterocycles. The fourth-order valence-corrected chi connectivity index (χ4v) is 3.52. The Morgan fingerprint density at radius 1 is 1.30 bits per heavy atom. The minimum atomic E-state index is -0.548. The summed E-state index contributed by atoms with van der Waals surface area (Å²) in [6.07, 6.45) is 1.36. The van der Waals surface area contributed by atoms with E-state index in [2.05, 4.69) is 41.9 Å². The predicted octanol–water partition coefficient (Wildman–Crippen LogP) is 4.03. The number of aryl methyl sites for hydroxylation is 1. The Morgan fingerprint density at radius 2 is 2.04 bits per heavy atom. The molecule has 0 saturated carbocycles. The van der Waals surface area contributed by atoms with Crippen molar-refractivity contribution in [2.45, 2.75) is 6.92 Å². The number of fused-ring (bicyclic) bond motifs is 1. The van der Waals surface area contributed by atoms with Gasteiger partial charge in [0, 0.05) is 16.1 Å². The summed E-state index contributed by atoms with van der Waals surface area (Å²) < 4.78 is 7.36. The molecule has 8 nitrogen and oxygen atoms in total. The van der Waals surface area contributed by atoms with E-state index in [1.807, 2.05) is 0 Å². The van der Waals surface area contributed by atoms with Gasteiger partial charge in [0.15, 0.2) is 0 Å². The standard InChI is InChI=1S/C17H12Br2N4O4/c1-9-21-14-4-3-11(18)7-12(14)17(24)22(9)20-8-10-5-13(19)16(27-2)15(6-10)23(25)26/h3-8H,1-2H3. The van der Waals surface area contributed by atoms with Gasteiger partial charge in [-0.1, -0.05) is 15.9 Å². The zero-order valence-electron chi connectivity index (χ0n) is 14.1. The molecule has 138 valence electrons. The molecule has 0 bridgehead atoms. The second-order valence-electron chi connectivity index (χ2n) is 5.49. The van der Waals surface area contributed by atoms with Crippen molar-refractivity contribution in [3.05, 3.63) is 71.1 Å². The first-order chi connectivity index (χ1) is 12.8. The molecule has 3 rings (SSSR count). The lowest BCUT2D eigenvalue weighted by Gasteiger charge is -2.07. The van der Waals surface area contributed by atoms with Gasteiger partial charge in [-0.25, -0.2) is 4.98 Å². The van der Waals surface area contributed by atoms with E-state index in [-0.39, 0.29) is 17.0 Å². The normalized spacial score (nSPS) is 11.3. The number of hydrogen-bond donors (Lipinski definition) is 0. The number of methoxy groups -OCH3 is 1. The highest BCUT2D eigenvalue weighted by molar-refractivity contribution is 9.10. The molecule has 0 atom stereocenters. The van der Waals surface area contributed by atoms with Crippen LogP contribution in [-0.4, -0.2) is 27.9 Å². The third kappa shape index (κ3) is 3.76. The minimum absolute atomic E-state index is 0.114. The van der Waals surface area contributed by atoms with Crippen LogP contribution in [0.4, 0.5) is 5.69 Å². The molecule has 27 heavy (non-hydrogen) atoms. The zero-order chi connectivity index (χ0) is 19.7. The van der Waals surface area contributed by atoms with Crippen molar-refractivity contribution in [2.75, 3.05) is 7.11 Å². The lowest BCUT2D eigenvalue weighted by atomic mass is 10.2. The summed E-state index contributed by atoms with van der Waals surface area (Å²) in [7, 11) is 1.35. The summed E-state index contributed by atoms with van der Waals surface area (Å²) in [5.74, 6) is 0.510. The van der Waals surface area contributed by atoms with Crippen LogP contribution in [0.1, 0.15) is 11.4 Å². The van der Waals surface area contributed by atoms with Gasteiger partial charge in [-0.15, -0.1) is 0 Å². The van der Waals surface area contributed by atoms with Crippen LogP contribution in [0.3, 0.4) is 0 Å². The number of aromatic nitrogens is 2. The molecule has 10 heteroatoms. The van der Waals surface area contributed by atoms with Crippen LogP contribution in [-0.2, 0) is 0 Å². The van der Waals surface area contributed by atoms with E-state index in [0.717, 1.165) is 9.15 Å². The second-order valence-corrected chi connectivity index (χ2v) is 7.26. The molecule has 1 heterocycles. The maximum Gasteiger partial charge on any atom is 0.312 e. The monoisotopic (exact) mass is 494 g/mol. The highest BCUT2D eigenvalue weighted by Crippen LogP contribution is 2.35. The largest absolute Gasteiger partial charge is 0.489 e. The average Bonchev–Trinajstić information content (AvgIpc) is 2.61. The molecular weight excluding hydrogens is 484 g/mol. The fourth-order valence-electron chi connectivity index (χ4n) is 2.53. The Balaban J connectivity index is 2.12. The van der Waals surface area contributed by atoms with Gasteiger partial charge in [0.1, 0.15) is 5.82 Å². The quantitative estimate of drug-likeness (QED) is 0.309. The summed E-state index contributed by atoms with van der Waals surface area (Å²) in [5.41, 5.74) is 0.445. The van der Waals surface area contributed by atoms with Gasteiger partial charge in [-0.3, -0.25) is 14.9 Å². The van der Waals surface area contributed by atoms with Crippen LogP contribution in [0.15, 0.2) is 49.2 Å². The second kappa shape index (κ2) is 7.57. The van der Waals surface area contributed by atoms with Crippen LogP contribution in [0, 0.1) is 17.0 Å². The van der Waals surface area contributed by atoms with Crippen LogP contribution >= 0.6 is 31.9 Å². The van der Waals surface area contributed by atoms with Gasteiger partial charge in [0.25, 0.3) is 5.56 Å². The van der Waals surface area contributed by atoms with Gasteiger partial charge in [-0.2, -0.15) is 9.78 Å². The van der Waals surface area contributed by atoms with Crippen molar-refractivity contribution in [2.24, 2.45) is 5.10 Å². The Labute approximate surface area is 169 Å². The van der Waals surface area contributed by atoms with Crippen molar-refractivity contribution in [1.29, 1.82) is 0 Å². The van der Waals surface area contributed by atoms with Crippen LogP contribution in [0.25, 0.3) is 10.9 Å². The van der Waals surface area contributed by atoms with Gasteiger partial charge in [0.2, 0.25) is 5.75 Å². The predicted molar refractivity (Wildman–Crippen MR) is 109 cm³/mol. The molecule has 0 aliphatic rings. The summed E-state index contributed by atoms with van der Waals surface area (Å²) in [5, 5.41) is 15.8. The maximum atomic E-state index is 12.7. The number of nitrogens with zero attached hydrogens (tertiary/aromatic N) is 4. The first-order valence-electron chi connectivity index (χ1n) is 7.57. The van der Waals surface area contributed by atoms with Crippen molar-refractivity contribution in [3.8, 4) is 5.75 Å². The topological polar surface area (TPSA) is 99.6 Å². The summed E-state index contributed by atoms with van der Waals surface area (Å²) in [4.78, 5) is 27.8. The molecule has 0 aliphatic carbocycles. The number of nitro groups is 1. The molecule has 3 aromatic rings. The molecular formula is C17H12Br2N4O4. The van der Waals surface area contributed by atoms with Gasteiger partial charge < -0.3 is 4.74 Å². The molecule has 0 radical (unpaired) electrons. The number of rotatable bonds is 4. The smallest absolute Gasteiger partial charge is 0.312 e. The Bertz CT molecular complexity index is 1160. The molecule has 0 unspecified atom stereocenters. The Kier molecular flexibility index (Phi) is 5.38. The van der Waals surface area contributed by atoms with E-state index in [1.54, 1.807) is 31.2 Å². The lowest BCUT2D eigenvalue weighted by Crippen LogP contribution is -2.20. The lowest BCUT2D eigenvalue weighted by molar-refractivity contribution is -0.385. The van der Waals surface area contributed by atoms with E-state index < -0.39 is 4.92 Å². The van der Waals surface area contributed by atoms with E-state index >= 15 is 0 Å². The van der Waals surface area contributed by atoms with Crippen molar-refractivity contribution in [3.63, 3.8) is 0 Å². The zero-order valence-corrected chi connectivity index (χ0v) is 17.3. The van der Waals surface area contributed by atoms with Gasteiger partial charge >= 0.3 is 5.69 Å². The van der Waals surface area contributed by atoms with Crippen molar-refractivity contribution in [1.82, 2.24) is 9.66 Å². The summed E-state index contributed by atoms with van der Waals surface area (Å²) >= 11 is 6.58. The van der Waals surface area contributed by atoms with E-state index in [1.165, 1.54) is 19.4 Å². The van der Waals surface area contributed by atoms with E-state index in [9.17, 15) is 14.9 Å². The third-order valence-corrected chi connectivity index (χ3v) is 4.82. The molecule has 0 N–H and O–H groups in total. The third-order valence-electron chi connectivity index (χ3n) is 3.74. The van der Waals surface area contributed by atoms with Crippen molar-refractivity contribution < 1.29 is 9.66 Å². The highest BCUT2D eigenvalue weighted by Gasteiger charge is 2.19. The van der Waals surface area contributed by atoms with E-state index in [4.69, 9.17) is 4.74 Å². The molecule has 0 saturated heterocycles. The number of halogens is 2. The molecule has 0 amide bonds. The Hall–Kier alpha value is -2.59. The summed E-state index contributed by atoms with van der Waals surface area (Å²) in [6, 6.07) is 8.14. The first-order valence-corrected chi connectivity index (χ1v) is 9.15. The Morgan fingerprint density at radius 3 is 2.70 bits per heavy atom. The highest BCUT2D eigenvalue weighted by atomic mass is 79.9. The average molecular weight is 496 g/mol. The fraction of sp³-hybridized carbons (Fsp3) is 0.118. The summed E-state index contributed by atoms with van der Waals surface area (Å²) in [6.45, 7) is 1.66. The van der Waals surface area contributed by atoms with Gasteiger partial charge in [-0.05, 0) is 47.1 Å². The maximum absolute atomic E-state index is 12.7. The van der Waals surface area contributed by atoms with Gasteiger partial charge in [0.05, 0.1) is 33.6 Å². The van der Waals surface area contributed by atoms with Crippen LogP contribution in [0.5, 0.6) is 5.75 Å². The molecule has 0 aliphatic heterocycles. The van der Waals surface area contributed by atoms with Crippen LogP contribution < -0.4 is 10.3 Å². The van der Waals surface area contributed by atoms with Crippen LogP contribution in [0.2, 0.25) is 0 Å². The molecule has 0 fully saturated rings. The number of nitro benzene ring substituents is 1. The number of benzene rings is 2. The SMILES string of the molecule is COc1c(Br)cc(C=Nn2c(C)nc3ccc(Br)cc3c2=O)cc1[N+](=O)[O-]. The molecule has 0 spiro atoms. The molecule has 2 aromatic carbocycles. The van der Waals surface area contributed by atoms with E-state index in [0.29, 0.717) is 26.8 Å². The first kappa shape index (κ1) is 19.2. The minimum Gasteiger partial charge on any atom is -0.489 e. The van der Waals surface area contributed by atoms with Crippen molar-refractivity contribution >= 4 is 54.7 Å².